The Morgan fingerprint density at radius 3 is 2.87 bits per heavy atom. The minimum absolute atomic E-state index is 0.0503. The van der Waals surface area contributed by atoms with Crippen molar-refractivity contribution >= 4 is 16.8 Å². The molecule has 2 aliphatic rings. The Morgan fingerprint density at radius 1 is 1.23 bits per heavy atom. The highest BCUT2D eigenvalue weighted by Gasteiger charge is 2.54. The van der Waals surface area contributed by atoms with Gasteiger partial charge in [-0.25, -0.2) is 13.8 Å². The molecule has 2 aromatic heterocycles. The predicted molar refractivity (Wildman–Crippen MR) is 106 cm³/mol. The number of methoxy groups -OCH3 is 1. The van der Waals surface area contributed by atoms with E-state index in [1.807, 2.05) is 6.07 Å². The van der Waals surface area contributed by atoms with Gasteiger partial charge in [-0.15, -0.1) is 10.2 Å². The number of aromatic nitrogens is 4. The average molecular weight is 411 g/mol. The number of fused-ring (bicyclic) bond motifs is 3. The minimum Gasteiger partial charge on any atom is -0.507 e. The largest absolute Gasteiger partial charge is 0.507 e. The molecule has 3 aromatic rings. The van der Waals surface area contributed by atoms with Crippen molar-refractivity contribution in [3.05, 3.63) is 48.2 Å². The van der Waals surface area contributed by atoms with Crippen LogP contribution in [0, 0.1) is 0 Å². The van der Waals surface area contributed by atoms with Crippen LogP contribution in [0.5, 0.6) is 5.75 Å². The van der Waals surface area contributed by atoms with E-state index in [0.717, 1.165) is 16.3 Å². The summed E-state index contributed by atoms with van der Waals surface area (Å²) in [4.78, 5) is 8.35. The van der Waals surface area contributed by atoms with Gasteiger partial charge in [-0.1, -0.05) is 0 Å². The molecular weight excluding hydrogens is 392 g/mol. The fraction of sp³-hybridized carbons (Fsp3) is 0.333. The van der Waals surface area contributed by atoms with E-state index in [1.54, 1.807) is 30.6 Å². The summed E-state index contributed by atoms with van der Waals surface area (Å²) in [5.74, 6) is -2.40. The van der Waals surface area contributed by atoms with Crippen LogP contribution in [-0.2, 0) is 4.74 Å². The normalized spacial score (nSPS) is 26.4. The molecule has 9 heteroatoms. The summed E-state index contributed by atoms with van der Waals surface area (Å²) >= 11 is 0. The third-order valence-electron chi connectivity index (χ3n) is 5.77. The summed E-state index contributed by atoms with van der Waals surface area (Å²) in [5, 5.41) is 23.3. The Kier molecular flexibility index (Phi) is 4.44. The molecule has 154 valence electrons. The van der Waals surface area contributed by atoms with Crippen LogP contribution in [0.25, 0.3) is 28.1 Å². The Labute approximate surface area is 170 Å². The van der Waals surface area contributed by atoms with E-state index in [2.05, 4.69) is 25.5 Å². The number of piperidine rings is 1. The van der Waals surface area contributed by atoms with Crippen molar-refractivity contribution in [3.63, 3.8) is 0 Å². The van der Waals surface area contributed by atoms with Crippen LogP contribution in [-0.4, -0.2) is 56.5 Å². The Morgan fingerprint density at radius 2 is 2.10 bits per heavy atom. The van der Waals surface area contributed by atoms with Gasteiger partial charge in [0, 0.05) is 42.9 Å². The lowest BCUT2D eigenvalue weighted by molar-refractivity contribution is -0.00999. The maximum Gasteiger partial charge on any atom is 0.265 e. The number of hydrogen-bond acceptors (Lipinski definition) is 7. The van der Waals surface area contributed by atoms with Crippen molar-refractivity contribution in [2.24, 2.45) is 0 Å². The number of ether oxygens (including phenoxy) is 1. The number of nitrogens with one attached hydrogen (secondary N) is 1. The van der Waals surface area contributed by atoms with Crippen LogP contribution in [0.3, 0.4) is 0 Å². The quantitative estimate of drug-likeness (QED) is 0.684. The highest BCUT2D eigenvalue weighted by Crippen LogP contribution is 2.42. The number of hydrogen-bond donors (Lipinski definition) is 2. The number of alkyl halides is 2. The van der Waals surface area contributed by atoms with Crippen LogP contribution in [0.4, 0.5) is 8.78 Å². The molecular formula is C21H19F2N5O2. The predicted octanol–water partition coefficient (Wildman–Crippen LogP) is 2.96. The molecule has 0 aliphatic carbocycles. The second-order valence-electron chi connectivity index (χ2n) is 7.66. The van der Waals surface area contributed by atoms with Gasteiger partial charge in [-0.05, 0) is 41.7 Å². The van der Waals surface area contributed by atoms with Gasteiger partial charge in [0.05, 0.1) is 18.3 Å². The molecule has 2 fully saturated rings. The highest BCUT2D eigenvalue weighted by atomic mass is 19.3. The Bertz CT molecular complexity index is 1140. The standard InChI is InChI=1S/C21H19F2N5O2/c1-30-20-12(6-18-21(22,23)8-15(20)26-18)7-19-25-10-16(27-28-19)14-4-11-2-3-24-9-13(11)5-17(14)29/h2-5,7,9-10,15,18,20,26,29H,6,8H2,1H3/b12-7-/t15?,18-,20-/m1/s1. The van der Waals surface area contributed by atoms with Crippen molar-refractivity contribution in [2.45, 2.75) is 37.0 Å². The molecule has 7 nitrogen and oxygen atoms in total. The lowest BCUT2D eigenvalue weighted by atomic mass is 9.95. The summed E-state index contributed by atoms with van der Waals surface area (Å²) in [6.07, 6.45) is 5.96. The SMILES string of the molecule is CO[C@@H]1/C(=C\c2ncc(-c3cc4ccncc4cc3O)nn2)C[C@H]2NC1CC2(F)F. The Balaban J connectivity index is 1.45. The number of nitrogens with zero attached hydrogens (tertiary/aromatic N) is 4. The minimum atomic E-state index is -2.76. The zero-order chi connectivity index (χ0) is 20.9. The molecule has 2 aliphatic heterocycles. The second-order valence-corrected chi connectivity index (χ2v) is 7.66. The third-order valence-corrected chi connectivity index (χ3v) is 5.77. The van der Waals surface area contributed by atoms with Crippen molar-refractivity contribution in [2.75, 3.05) is 7.11 Å². The van der Waals surface area contributed by atoms with Gasteiger partial charge in [0.1, 0.15) is 11.4 Å². The summed E-state index contributed by atoms with van der Waals surface area (Å²) in [6.45, 7) is 0. The lowest BCUT2D eigenvalue weighted by Crippen LogP contribution is -2.47. The number of phenols is 1. The van der Waals surface area contributed by atoms with E-state index in [0.29, 0.717) is 17.1 Å². The lowest BCUT2D eigenvalue weighted by Gasteiger charge is -2.31. The number of rotatable bonds is 3. The first-order valence-electron chi connectivity index (χ1n) is 9.58. The van der Waals surface area contributed by atoms with Crippen molar-refractivity contribution in [1.29, 1.82) is 0 Å². The van der Waals surface area contributed by atoms with Crippen molar-refractivity contribution in [3.8, 4) is 17.0 Å². The molecule has 0 amide bonds. The van der Waals surface area contributed by atoms with Gasteiger partial charge in [-0.2, -0.15) is 0 Å². The van der Waals surface area contributed by atoms with Gasteiger partial charge in [0.15, 0.2) is 5.82 Å². The van der Waals surface area contributed by atoms with Crippen LogP contribution in [0.1, 0.15) is 18.7 Å². The van der Waals surface area contributed by atoms with Gasteiger partial charge < -0.3 is 15.2 Å². The first kappa shape index (κ1) is 19.0. The zero-order valence-electron chi connectivity index (χ0n) is 16.1. The van der Waals surface area contributed by atoms with Gasteiger partial charge in [-0.3, -0.25) is 4.98 Å². The molecule has 4 heterocycles. The Hall–Kier alpha value is -3.04. The molecule has 0 saturated carbocycles. The molecule has 0 spiro atoms. The number of phenolic OH excluding ortho intramolecular Hbond substituents is 1. The highest BCUT2D eigenvalue weighted by molar-refractivity contribution is 5.89. The summed E-state index contributed by atoms with van der Waals surface area (Å²) < 4.78 is 33.7. The average Bonchev–Trinajstić information content (AvgIpc) is 2.97. The molecule has 0 radical (unpaired) electrons. The zero-order valence-corrected chi connectivity index (χ0v) is 16.1. The molecule has 2 N–H and O–H groups in total. The van der Waals surface area contributed by atoms with Gasteiger partial charge in [0.25, 0.3) is 5.92 Å². The first-order valence-corrected chi connectivity index (χ1v) is 9.58. The summed E-state index contributed by atoms with van der Waals surface area (Å²) in [7, 11) is 1.51. The molecule has 30 heavy (non-hydrogen) atoms. The van der Waals surface area contributed by atoms with E-state index < -0.39 is 24.1 Å². The van der Waals surface area contributed by atoms with E-state index in [1.165, 1.54) is 13.3 Å². The van der Waals surface area contributed by atoms with Crippen molar-refractivity contribution in [1.82, 2.24) is 25.5 Å². The molecule has 2 bridgehead atoms. The fourth-order valence-corrected chi connectivity index (χ4v) is 4.31. The molecule has 1 aromatic carbocycles. The van der Waals surface area contributed by atoms with E-state index in [4.69, 9.17) is 4.74 Å². The van der Waals surface area contributed by atoms with Gasteiger partial charge >= 0.3 is 0 Å². The first-order chi connectivity index (χ1) is 14.4. The maximum atomic E-state index is 14.1. The van der Waals surface area contributed by atoms with E-state index >= 15 is 0 Å². The number of halogens is 2. The second kappa shape index (κ2) is 7.03. The molecule has 3 atom stereocenters. The molecule has 5 rings (SSSR count). The van der Waals surface area contributed by atoms with Crippen LogP contribution < -0.4 is 5.32 Å². The topological polar surface area (TPSA) is 93.1 Å². The fourth-order valence-electron chi connectivity index (χ4n) is 4.31. The van der Waals surface area contributed by atoms with E-state index in [9.17, 15) is 13.9 Å². The van der Waals surface area contributed by atoms with Crippen molar-refractivity contribution < 1.29 is 18.6 Å². The maximum absolute atomic E-state index is 14.1. The van der Waals surface area contributed by atoms with Crippen LogP contribution in [0.2, 0.25) is 0 Å². The summed E-state index contributed by atoms with van der Waals surface area (Å²) in [6, 6.07) is 3.90. The summed E-state index contributed by atoms with van der Waals surface area (Å²) in [5.41, 5.74) is 1.63. The van der Waals surface area contributed by atoms with Gasteiger partial charge in [0.2, 0.25) is 0 Å². The van der Waals surface area contributed by atoms with E-state index in [-0.39, 0.29) is 18.6 Å². The van der Waals surface area contributed by atoms with Crippen LogP contribution in [0.15, 0.2) is 42.4 Å². The number of pyridine rings is 1. The van der Waals surface area contributed by atoms with Crippen LogP contribution >= 0.6 is 0 Å². The molecule has 1 unspecified atom stereocenters. The number of benzene rings is 1. The third kappa shape index (κ3) is 3.20. The monoisotopic (exact) mass is 411 g/mol. The smallest absolute Gasteiger partial charge is 0.265 e. The molecule has 2 saturated heterocycles. The number of aromatic hydroxyl groups is 1.